The molecule has 2 aromatic rings. The Hall–Kier alpha value is -2.63. The van der Waals surface area contributed by atoms with E-state index >= 15 is 0 Å². The van der Waals surface area contributed by atoms with Crippen LogP contribution in [0, 0.1) is 0 Å². The third-order valence-corrected chi connectivity index (χ3v) is 2.10. The van der Waals surface area contributed by atoms with Crippen molar-refractivity contribution in [1.29, 1.82) is 0 Å². The third kappa shape index (κ3) is 2.49. The minimum atomic E-state index is -0.121. The van der Waals surface area contributed by atoms with Gasteiger partial charge in [0.2, 0.25) is 5.96 Å². The van der Waals surface area contributed by atoms with Crippen molar-refractivity contribution in [3.8, 4) is 0 Å². The maximum absolute atomic E-state index is 5.58. The zero-order chi connectivity index (χ0) is 12.3. The number of guanidine groups is 2. The molecule has 0 amide bonds. The summed E-state index contributed by atoms with van der Waals surface area (Å²) >= 11 is 0. The number of benzene rings is 1. The van der Waals surface area contributed by atoms with Crippen LogP contribution in [0.4, 0.5) is 5.69 Å². The van der Waals surface area contributed by atoms with E-state index in [0.717, 1.165) is 10.9 Å². The molecule has 0 atom stereocenters. The minimum Gasteiger partial charge on any atom is -0.370 e. The fourth-order valence-corrected chi connectivity index (χ4v) is 1.47. The summed E-state index contributed by atoms with van der Waals surface area (Å²) in [4.78, 5) is 12.0. The molecule has 0 aliphatic rings. The van der Waals surface area contributed by atoms with Gasteiger partial charge in [-0.05, 0) is 24.3 Å². The van der Waals surface area contributed by atoms with Crippen molar-refractivity contribution in [2.45, 2.75) is 0 Å². The quantitative estimate of drug-likeness (QED) is 0.485. The van der Waals surface area contributed by atoms with Crippen molar-refractivity contribution >= 4 is 28.5 Å². The number of nitrogens with zero attached hydrogens (tertiary/aromatic N) is 3. The molecule has 2 rings (SSSR count). The molecule has 0 aliphatic carbocycles. The number of aliphatic imine (C=N–C) groups is 2. The molecule has 0 saturated heterocycles. The van der Waals surface area contributed by atoms with Crippen LogP contribution >= 0.6 is 0 Å². The summed E-state index contributed by atoms with van der Waals surface area (Å²) in [6.45, 7) is 0. The number of pyridine rings is 1. The van der Waals surface area contributed by atoms with Gasteiger partial charge < -0.3 is 17.2 Å². The van der Waals surface area contributed by atoms with E-state index in [1.54, 1.807) is 6.20 Å². The molecule has 0 saturated carbocycles. The van der Waals surface area contributed by atoms with E-state index in [1.807, 2.05) is 30.3 Å². The van der Waals surface area contributed by atoms with Crippen LogP contribution in [0.3, 0.4) is 0 Å². The van der Waals surface area contributed by atoms with Crippen LogP contribution in [-0.4, -0.2) is 16.9 Å². The Morgan fingerprint density at radius 2 is 1.88 bits per heavy atom. The first-order valence-corrected chi connectivity index (χ1v) is 4.94. The molecular formula is C11H12N6. The molecule has 1 aromatic carbocycles. The second-order valence-electron chi connectivity index (χ2n) is 3.35. The molecule has 0 aliphatic heterocycles. The van der Waals surface area contributed by atoms with Crippen LogP contribution in [-0.2, 0) is 0 Å². The topological polar surface area (TPSA) is 116 Å². The van der Waals surface area contributed by atoms with Crippen molar-refractivity contribution < 1.29 is 0 Å². The Balaban J connectivity index is 2.53. The van der Waals surface area contributed by atoms with Gasteiger partial charge in [0.05, 0.1) is 11.2 Å². The second kappa shape index (κ2) is 4.48. The Morgan fingerprint density at radius 1 is 1.06 bits per heavy atom. The lowest BCUT2D eigenvalue weighted by Crippen LogP contribution is -2.26. The predicted molar refractivity (Wildman–Crippen MR) is 68.8 cm³/mol. The first-order valence-electron chi connectivity index (χ1n) is 4.94. The van der Waals surface area contributed by atoms with Gasteiger partial charge in [0.15, 0.2) is 5.96 Å². The van der Waals surface area contributed by atoms with Gasteiger partial charge in [-0.1, -0.05) is 6.07 Å². The van der Waals surface area contributed by atoms with Gasteiger partial charge in [-0.2, -0.15) is 4.99 Å². The van der Waals surface area contributed by atoms with Crippen LogP contribution in [0.2, 0.25) is 0 Å². The maximum Gasteiger partial charge on any atom is 0.223 e. The van der Waals surface area contributed by atoms with Gasteiger partial charge >= 0.3 is 0 Å². The van der Waals surface area contributed by atoms with Crippen molar-refractivity contribution in [2.75, 3.05) is 0 Å². The van der Waals surface area contributed by atoms with Crippen molar-refractivity contribution in [3.05, 3.63) is 36.5 Å². The SMILES string of the molecule is NC(N)=NC(N)=Nc1cccc2ncccc12. The van der Waals surface area contributed by atoms with Crippen LogP contribution in [0.1, 0.15) is 0 Å². The van der Waals surface area contributed by atoms with Crippen molar-refractivity contribution in [3.63, 3.8) is 0 Å². The number of hydrogen-bond acceptors (Lipinski definition) is 2. The molecule has 0 bridgehead atoms. The van der Waals surface area contributed by atoms with Crippen molar-refractivity contribution in [2.24, 2.45) is 27.2 Å². The summed E-state index contributed by atoms with van der Waals surface area (Å²) in [5.74, 6) is -0.106. The molecule has 6 nitrogen and oxygen atoms in total. The number of fused-ring (bicyclic) bond motifs is 1. The normalized spacial score (nSPS) is 11.4. The Kier molecular flexibility index (Phi) is 2.87. The molecular weight excluding hydrogens is 216 g/mol. The zero-order valence-electron chi connectivity index (χ0n) is 9.04. The molecule has 0 unspecified atom stereocenters. The highest BCUT2D eigenvalue weighted by molar-refractivity contribution is 5.97. The lowest BCUT2D eigenvalue weighted by atomic mass is 10.2. The molecule has 1 heterocycles. The van der Waals surface area contributed by atoms with E-state index in [1.165, 1.54) is 0 Å². The summed E-state index contributed by atoms with van der Waals surface area (Å²) in [5.41, 5.74) is 17.5. The number of nitrogens with two attached hydrogens (primary N) is 3. The molecule has 0 fully saturated rings. The van der Waals surface area contributed by atoms with E-state index in [0.29, 0.717) is 5.69 Å². The van der Waals surface area contributed by atoms with Crippen LogP contribution in [0.15, 0.2) is 46.5 Å². The summed E-state index contributed by atoms with van der Waals surface area (Å²) in [5, 5.41) is 0.892. The largest absolute Gasteiger partial charge is 0.370 e. The average Bonchev–Trinajstić information content (AvgIpc) is 2.28. The Morgan fingerprint density at radius 3 is 2.65 bits per heavy atom. The molecule has 6 heteroatoms. The average molecular weight is 228 g/mol. The molecule has 1 aromatic heterocycles. The Bertz CT molecular complexity index is 592. The lowest BCUT2D eigenvalue weighted by molar-refractivity contribution is 1.37. The van der Waals surface area contributed by atoms with E-state index in [9.17, 15) is 0 Å². The Labute approximate surface area is 97.9 Å². The summed E-state index contributed by atoms with van der Waals surface area (Å²) < 4.78 is 0. The fourth-order valence-electron chi connectivity index (χ4n) is 1.47. The number of rotatable bonds is 1. The van der Waals surface area contributed by atoms with Crippen LogP contribution in [0.5, 0.6) is 0 Å². The van der Waals surface area contributed by atoms with Crippen molar-refractivity contribution in [1.82, 2.24) is 4.98 Å². The van der Waals surface area contributed by atoms with E-state index in [2.05, 4.69) is 15.0 Å². The highest BCUT2D eigenvalue weighted by Crippen LogP contribution is 2.23. The second-order valence-corrected chi connectivity index (χ2v) is 3.35. The standard InChI is InChI=1S/C11H12N6/c12-10(13)17-11(14)16-9-5-1-4-8-7(9)3-2-6-15-8/h1-6H,(H6,12,13,14,16,17). The lowest BCUT2D eigenvalue weighted by Gasteiger charge is -2.01. The zero-order valence-corrected chi connectivity index (χ0v) is 9.04. The maximum atomic E-state index is 5.58. The van der Waals surface area contributed by atoms with Crippen LogP contribution < -0.4 is 17.2 Å². The first kappa shape index (κ1) is 10.9. The van der Waals surface area contributed by atoms with Gasteiger partial charge in [0, 0.05) is 11.6 Å². The monoisotopic (exact) mass is 228 g/mol. The third-order valence-electron chi connectivity index (χ3n) is 2.10. The highest BCUT2D eigenvalue weighted by Gasteiger charge is 2.00. The van der Waals surface area contributed by atoms with Gasteiger partial charge in [0.1, 0.15) is 0 Å². The molecule has 17 heavy (non-hydrogen) atoms. The van der Waals surface area contributed by atoms with Gasteiger partial charge in [0.25, 0.3) is 0 Å². The van der Waals surface area contributed by atoms with Crippen LogP contribution in [0.25, 0.3) is 10.9 Å². The molecule has 86 valence electrons. The van der Waals surface area contributed by atoms with Gasteiger partial charge in [-0.3, -0.25) is 4.98 Å². The minimum absolute atomic E-state index is 0.0151. The molecule has 6 N–H and O–H groups in total. The molecule has 0 spiro atoms. The van der Waals surface area contributed by atoms with Gasteiger partial charge in [-0.25, -0.2) is 4.99 Å². The smallest absolute Gasteiger partial charge is 0.223 e. The summed E-state index contributed by atoms with van der Waals surface area (Å²) in [6, 6.07) is 9.29. The van der Waals surface area contributed by atoms with E-state index in [-0.39, 0.29) is 11.9 Å². The van der Waals surface area contributed by atoms with E-state index < -0.39 is 0 Å². The summed E-state index contributed by atoms with van der Waals surface area (Å²) in [6.07, 6.45) is 1.72. The highest BCUT2D eigenvalue weighted by atomic mass is 15.1. The number of hydrogen-bond donors (Lipinski definition) is 3. The summed E-state index contributed by atoms with van der Waals surface area (Å²) in [7, 11) is 0. The van der Waals surface area contributed by atoms with Gasteiger partial charge in [-0.15, -0.1) is 0 Å². The number of aromatic nitrogens is 1. The fraction of sp³-hybridized carbons (Fsp3) is 0. The predicted octanol–water partition coefficient (Wildman–Crippen LogP) is 0.454. The molecule has 0 radical (unpaired) electrons. The first-order chi connectivity index (χ1) is 8.16. The van der Waals surface area contributed by atoms with E-state index in [4.69, 9.17) is 17.2 Å².